The molecule has 0 aliphatic heterocycles. The summed E-state index contributed by atoms with van der Waals surface area (Å²) >= 11 is 5.64. The molecule has 0 spiro atoms. The van der Waals surface area contributed by atoms with Gasteiger partial charge in [-0.2, -0.15) is 0 Å². The van der Waals surface area contributed by atoms with Crippen molar-refractivity contribution in [2.45, 2.75) is 25.7 Å². The third-order valence-electron chi connectivity index (χ3n) is 1.42. The second-order valence-corrected chi connectivity index (χ2v) is 3.29. The van der Waals surface area contributed by atoms with Gasteiger partial charge in [-0.05, 0) is 26.0 Å². The fourth-order valence-electron chi connectivity index (χ4n) is 0.983. The summed E-state index contributed by atoms with van der Waals surface area (Å²) in [6.45, 7) is 3.57. The molecule has 1 aromatic rings. The molecule has 72 valence electrons. The molecule has 2 unspecified atom stereocenters. The van der Waals surface area contributed by atoms with E-state index in [1.54, 1.807) is 6.92 Å². The smallest absolute Gasteiger partial charge is 0.198 e. The topological polar surface area (TPSA) is 18.5 Å². The van der Waals surface area contributed by atoms with E-state index in [1.165, 1.54) is 0 Å². The molecule has 0 bridgehead atoms. The zero-order valence-corrected chi connectivity index (χ0v) is 8.49. The first-order chi connectivity index (χ1) is 6.18. The van der Waals surface area contributed by atoms with Gasteiger partial charge in [0.05, 0.1) is 0 Å². The summed E-state index contributed by atoms with van der Waals surface area (Å²) in [7, 11) is 0. The Hall–Kier alpha value is -0.730. The lowest BCUT2D eigenvalue weighted by Crippen LogP contribution is -2.19. The summed E-state index contributed by atoms with van der Waals surface area (Å²) in [6.07, 6.45) is -0.324. The van der Waals surface area contributed by atoms with E-state index in [9.17, 15) is 0 Å². The van der Waals surface area contributed by atoms with Crippen molar-refractivity contribution in [1.82, 2.24) is 0 Å². The van der Waals surface area contributed by atoms with Crippen LogP contribution in [0.1, 0.15) is 13.8 Å². The lowest BCUT2D eigenvalue weighted by atomic mass is 10.3. The first kappa shape index (κ1) is 10.4. The van der Waals surface area contributed by atoms with E-state index in [-0.39, 0.29) is 11.9 Å². The van der Waals surface area contributed by atoms with E-state index in [0.717, 1.165) is 5.75 Å². The van der Waals surface area contributed by atoms with Crippen molar-refractivity contribution in [3.63, 3.8) is 0 Å². The molecule has 0 saturated carbocycles. The van der Waals surface area contributed by atoms with Crippen molar-refractivity contribution in [3.05, 3.63) is 30.3 Å². The molecule has 2 nitrogen and oxygen atoms in total. The summed E-state index contributed by atoms with van der Waals surface area (Å²) in [5.74, 6) is 0.785. The Morgan fingerprint density at radius 2 is 1.77 bits per heavy atom. The quantitative estimate of drug-likeness (QED) is 0.550. The van der Waals surface area contributed by atoms with E-state index in [1.807, 2.05) is 37.3 Å². The van der Waals surface area contributed by atoms with Gasteiger partial charge in [0.1, 0.15) is 11.3 Å². The van der Waals surface area contributed by atoms with Gasteiger partial charge in [-0.1, -0.05) is 29.8 Å². The van der Waals surface area contributed by atoms with Crippen molar-refractivity contribution in [2.24, 2.45) is 0 Å². The van der Waals surface area contributed by atoms with Crippen molar-refractivity contribution < 1.29 is 9.47 Å². The molecular weight excluding hydrogens is 188 g/mol. The average molecular weight is 201 g/mol. The Kier molecular flexibility index (Phi) is 4.06. The monoisotopic (exact) mass is 200 g/mol. The number of ether oxygens (including phenoxy) is 2. The zero-order chi connectivity index (χ0) is 9.68. The SMILES string of the molecule is CC(Cl)OC(C)Oc1ccccc1. The van der Waals surface area contributed by atoms with Crippen LogP contribution in [-0.4, -0.2) is 11.9 Å². The molecule has 0 amide bonds. The van der Waals surface area contributed by atoms with Crippen LogP contribution in [0.2, 0.25) is 0 Å². The van der Waals surface area contributed by atoms with E-state index in [4.69, 9.17) is 21.1 Å². The minimum absolute atomic E-state index is 0.324. The van der Waals surface area contributed by atoms with Gasteiger partial charge in [0.15, 0.2) is 6.29 Å². The summed E-state index contributed by atoms with van der Waals surface area (Å²) < 4.78 is 10.6. The molecule has 0 heterocycles. The van der Waals surface area contributed by atoms with E-state index in [2.05, 4.69) is 0 Å². The third kappa shape index (κ3) is 4.15. The number of rotatable bonds is 4. The lowest BCUT2D eigenvalue weighted by Gasteiger charge is -2.16. The maximum atomic E-state index is 5.64. The standard InChI is InChI=1S/C10H13ClO2/c1-8(11)12-9(2)13-10-6-4-3-5-7-10/h3-9H,1-2H3. The fourth-order valence-corrected chi connectivity index (χ4v) is 1.13. The Labute approximate surface area is 83.4 Å². The minimum Gasteiger partial charge on any atom is -0.465 e. The molecule has 1 rings (SSSR count). The van der Waals surface area contributed by atoms with Gasteiger partial charge >= 0.3 is 0 Å². The molecule has 3 heteroatoms. The number of alkyl halides is 1. The van der Waals surface area contributed by atoms with Crippen LogP contribution >= 0.6 is 11.6 Å². The molecule has 0 radical (unpaired) electrons. The number of para-hydroxylation sites is 1. The Balaban J connectivity index is 2.41. The van der Waals surface area contributed by atoms with Crippen LogP contribution in [0.5, 0.6) is 5.75 Å². The van der Waals surface area contributed by atoms with Crippen molar-refractivity contribution >= 4 is 11.6 Å². The largest absolute Gasteiger partial charge is 0.465 e. The molecule has 0 aliphatic carbocycles. The average Bonchev–Trinajstić information content (AvgIpc) is 2.04. The first-order valence-corrected chi connectivity index (χ1v) is 4.63. The zero-order valence-electron chi connectivity index (χ0n) is 7.74. The summed E-state index contributed by atoms with van der Waals surface area (Å²) in [5, 5.41) is 0. The van der Waals surface area contributed by atoms with Crippen molar-refractivity contribution in [3.8, 4) is 5.75 Å². The van der Waals surface area contributed by atoms with Crippen LogP contribution in [-0.2, 0) is 4.74 Å². The normalized spacial score (nSPS) is 15.0. The highest BCUT2D eigenvalue weighted by atomic mass is 35.5. The molecular formula is C10H13ClO2. The van der Waals surface area contributed by atoms with Gasteiger partial charge < -0.3 is 9.47 Å². The summed E-state index contributed by atoms with van der Waals surface area (Å²) in [4.78, 5) is 0. The molecule has 0 saturated heterocycles. The fraction of sp³-hybridized carbons (Fsp3) is 0.400. The van der Waals surface area contributed by atoms with Gasteiger partial charge in [0, 0.05) is 0 Å². The predicted octanol–water partition coefficient (Wildman–Crippen LogP) is 3.01. The van der Waals surface area contributed by atoms with Gasteiger partial charge in [-0.25, -0.2) is 0 Å². The number of halogens is 1. The second kappa shape index (κ2) is 5.10. The number of hydrogen-bond acceptors (Lipinski definition) is 2. The molecule has 1 aromatic carbocycles. The van der Waals surface area contributed by atoms with Crippen molar-refractivity contribution in [2.75, 3.05) is 0 Å². The maximum Gasteiger partial charge on any atom is 0.198 e. The predicted molar refractivity (Wildman–Crippen MR) is 52.9 cm³/mol. The number of hydrogen-bond donors (Lipinski definition) is 0. The number of benzene rings is 1. The van der Waals surface area contributed by atoms with Crippen LogP contribution in [0.15, 0.2) is 30.3 Å². The Morgan fingerprint density at radius 1 is 1.15 bits per heavy atom. The Morgan fingerprint density at radius 3 is 2.31 bits per heavy atom. The lowest BCUT2D eigenvalue weighted by molar-refractivity contribution is -0.0755. The third-order valence-corrected chi connectivity index (χ3v) is 1.53. The molecule has 0 aliphatic rings. The molecule has 2 atom stereocenters. The van der Waals surface area contributed by atoms with E-state index >= 15 is 0 Å². The molecule has 0 N–H and O–H groups in total. The van der Waals surface area contributed by atoms with E-state index in [0.29, 0.717) is 0 Å². The van der Waals surface area contributed by atoms with Gasteiger partial charge in [-0.15, -0.1) is 0 Å². The summed E-state index contributed by atoms with van der Waals surface area (Å²) in [5.41, 5.74) is -0.335. The highest BCUT2D eigenvalue weighted by Gasteiger charge is 2.06. The van der Waals surface area contributed by atoms with Crippen LogP contribution in [0, 0.1) is 0 Å². The summed E-state index contributed by atoms with van der Waals surface area (Å²) in [6, 6.07) is 9.50. The highest BCUT2D eigenvalue weighted by molar-refractivity contribution is 6.19. The van der Waals surface area contributed by atoms with Gasteiger partial charge in [0.2, 0.25) is 0 Å². The minimum atomic E-state index is -0.335. The maximum absolute atomic E-state index is 5.64. The van der Waals surface area contributed by atoms with Crippen LogP contribution < -0.4 is 4.74 Å². The van der Waals surface area contributed by atoms with Gasteiger partial charge in [0.25, 0.3) is 0 Å². The first-order valence-electron chi connectivity index (χ1n) is 4.19. The molecule has 0 aromatic heterocycles. The second-order valence-electron chi connectivity index (χ2n) is 2.68. The van der Waals surface area contributed by atoms with Crippen molar-refractivity contribution in [1.29, 1.82) is 0 Å². The van der Waals surface area contributed by atoms with Crippen LogP contribution in [0.3, 0.4) is 0 Å². The Bertz CT molecular complexity index is 236. The van der Waals surface area contributed by atoms with Crippen LogP contribution in [0.4, 0.5) is 0 Å². The highest BCUT2D eigenvalue weighted by Crippen LogP contribution is 2.12. The van der Waals surface area contributed by atoms with Gasteiger partial charge in [-0.3, -0.25) is 0 Å². The van der Waals surface area contributed by atoms with E-state index < -0.39 is 0 Å². The van der Waals surface area contributed by atoms with Crippen LogP contribution in [0.25, 0.3) is 0 Å². The molecule has 0 fully saturated rings. The molecule has 13 heavy (non-hydrogen) atoms.